The van der Waals surface area contributed by atoms with Gasteiger partial charge in [-0.1, -0.05) is 56.3 Å². The van der Waals surface area contributed by atoms with Gasteiger partial charge in [0.15, 0.2) is 0 Å². The largest absolute Gasteiger partial charge is 0.489 e. The van der Waals surface area contributed by atoms with Gasteiger partial charge in [-0.3, -0.25) is 4.79 Å². The Labute approximate surface area is 168 Å². The van der Waals surface area contributed by atoms with Crippen LogP contribution >= 0.6 is 0 Å². The van der Waals surface area contributed by atoms with Gasteiger partial charge >= 0.3 is 0 Å². The molecule has 0 atom stereocenters. The van der Waals surface area contributed by atoms with E-state index in [4.69, 9.17) is 4.74 Å². The highest BCUT2D eigenvalue weighted by molar-refractivity contribution is 5.98. The summed E-state index contributed by atoms with van der Waals surface area (Å²) in [5.41, 5.74) is 3.54. The van der Waals surface area contributed by atoms with E-state index in [1.807, 2.05) is 56.3 Å². The zero-order valence-electron chi connectivity index (χ0n) is 16.4. The first kappa shape index (κ1) is 18.9. The first-order valence-corrected chi connectivity index (χ1v) is 9.65. The lowest BCUT2D eigenvalue weighted by molar-refractivity contribution is 0.306. The van der Waals surface area contributed by atoms with Crippen molar-refractivity contribution in [3.63, 3.8) is 0 Å². The highest BCUT2D eigenvalue weighted by atomic mass is 19.1. The third kappa shape index (κ3) is 3.92. The molecule has 0 aliphatic carbocycles. The zero-order chi connectivity index (χ0) is 20.4. The highest BCUT2D eigenvalue weighted by Gasteiger charge is 2.16. The Hall–Kier alpha value is -3.40. The average Bonchev–Trinajstić information content (AvgIpc) is 2.74. The molecular weight excluding hydrogens is 365 g/mol. The number of aromatic nitrogens is 1. The topological polar surface area (TPSA) is 42.1 Å². The van der Waals surface area contributed by atoms with Gasteiger partial charge in [-0.25, -0.2) is 4.39 Å². The van der Waals surface area contributed by atoms with Gasteiger partial charge in [0.05, 0.1) is 5.39 Å². The molecule has 3 nitrogen and oxygen atoms in total. The second-order valence-corrected chi connectivity index (χ2v) is 7.39. The molecule has 0 unspecified atom stereocenters. The fraction of sp³-hybridized carbons (Fsp3) is 0.160. The molecule has 4 heteroatoms. The van der Waals surface area contributed by atoms with Gasteiger partial charge in [0.1, 0.15) is 18.2 Å². The van der Waals surface area contributed by atoms with E-state index in [-0.39, 0.29) is 17.3 Å². The molecule has 4 rings (SSSR count). The maximum Gasteiger partial charge on any atom is 0.256 e. The van der Waals surface area contributed by atoms with Gasteiger partial charge in [0.2, 0.25) is 0 Å². The number of halogens is 1. The third-order valence-electron chi connectivity index (χ3n) is 4.98. The van der Waals surface area contributed by atoms with E-state index in [1.165, 1.54) is 12.1 Å². The lowest BCUT2D eigenvalue weighted by Gasteiger charge is -2.16. The van der Waals surface area contributed by atoms with Crippen LogP contribution in [0.2, 0.25) is 0 Å². The molecule has 0 radical (unpaired) electrons. The predicted molar refractivity (Wildman–Crippen MR) is 115 cm³/mol. The lowest BCUT2D eigenvalue weighted by atomic mass is 9.92. The standard InChI is InChI=1S/C25H22FNO2/c1-16(2)24-23(18-8-10-19(26)11-9-18)21-13-12-20(14-22(21)25(28)27-24)29-15-17-6-4-3-5-7-17/h3-14,16H,15H2,1-2H3,(H,27,28). The van der Waals surface area contributed by atoms with Crippen LogP contribution in [0, 0.1) is 5.82 Å². The molecule has 1 heterocycles. The molecule has 4 aromatic rings. The molecule has 0 aliphatic heterocycles. The number of hydrogen-bond acceptors (Lipinski definition) is 2. The summed E-state index contributed by atoms with van der Waals surface area (Å²) < 4.78 is 19.3. The molecule has 0 saturated carbocycles. The first-order valence-electron chi connectivity index (χ1n) is 9.65. The third-order valence-corrected chi connectivity index (χ3v) is 4.98. The molecule has 0 spiro atoms. The number of ether oxygens (including phenoxy) is 1. The molecule has 0 saturated heterocycles. The van der Waals surface area contributed by atoms with Gasteiger partial charge in [-0.05, 0) is 52.8 Å². The van der Waals surface area contributed by atoms with Crippen LogP contribution in [0.5, 0.6) is 5.75 Å². The summed E-state index contributed by atoms with van der Waals surface area (Å²) in [5, 5.41) is 1.38. The summed E-state index contributed by atoms with van der Waals surface area (Å²) in [7, 11) is 0. The Balaban J connectivity index is 1.81. The van der Waals surface area contributed by atoms with Crippen LogP contribution in [0.4, 0.5) is 4.39 Å². The summed E-state index contributed by atoms with van der Waals surface area (Å²) >= 11 is 0. The van der Waals surface area contributed by atoms with E-state index < -0.39 is 0 Å². The van der Waals surface area contributed by atoms with Crippen molar-refractivity contribution in [2.75, 3.05) is 0 Å². The van der Waals surface area contributed by atoms with E-state index in [2.05, 4.69) is 4.98 Å². The lowest BCUT2D eigenvalue weighted by Crippen LogP contribution is -2.13. The SMILES string of the molecule is CC(C)c1[nH]c(=O)c2cc(OCc3ccccc3)ccc2c1-c1ccc(F)cc1. The molecule has 146 valence electrons. The van der Waals surface area contributed by atoms with E-state index in [9.17, 15) is 9.18 Å². The monoisotopic (exact) mass is 387 g/mol. The van der Waals surface area contributed by atoms with Gasteiger partial charge in [0.25, 0.3) is 5.56 Å². The molecule has 0 fully saturated rings. The molecule has 29 heavy (non-hydrogen) atoms. The minimum atomic E-state index is -0.287. The fourth-order valence-corrected chi connectivity index (χ4v) is 3.52. The number of rotatable bonds is 5. The Bertz CT molecular complexity index is 1200. The smallest absolute Gasteiger partial charge is 0.256 e. The van der Waals surface area contributed by atoms with Crippen LogP contribution in [-0.2, 0) is 6.61 Å². The van der Waals surface area contributed by atoms with Crippen molar-refractivity contribution in [2.45, 2.75) is 26.4 Å². The molecule has 0 bridgehead atoms. The van der Waals surface area contributed by atoms with Crippen LogP contribution in [-0.4, -0.2) is 4.98 Å². The molecule has 1 N–H and O–H groups in total. The van der Waals surface area contributed by atoms with E-state index in [0.29, 0.717) is 17.7 Å². The van der Waals surface area contributed by atoms with Crippen LogP contribution in [0.1, 0.15) is 31.0 Å². The maximum atomic E-state index is 13.4. The predicted octanol–water partition coefficient (Wildman–Crippen LogP) is 6.04. The van der Waals surface area contributed by atoms with Crippen LogP contribution < -0.4 is 10.3 Å². The number of nitrogens with one attached hydrogen (secondary N) is 1. The van der Waals surface area contributed by atoms with Crippen molar-refractivity contribution in [3.8, 4) is 16.9 Å². The minimum absolute atomic E-state index is 0.112. The van der Waals surface area contributed by atoms with Gasteiger partial charge in [0, 0.05) is 11.3 Å². The van der Waals surface area contributed by atoms with Crippen molar-refractivity contribution < 1.29 is 9.13 Å². The Morgan fingerprint density at radius 2 is 1.66 bits per heavy atom. The number of hydrogen-bond donors (Lipinski definition) is 1. The number of benzene rings is 3. The quantitative estimate of drug-likeness (QED) is 0.454. The summed E-state index contributed by atoms with van der Waals surface area (Å²) in [4.78, 5) is 15.8. The second kappa shape index (κ2) is 7.92. The van der Waals surface area contributed by atoms with Crippen LogP contribution in [0.25, 0.3) is 21.9 Å². The number of aromatic amines is 1. The van der Waals surface area contributed by atoms with Crippen molar-refractivity contribution >= 4 is 10.8 Å². The van der Waals surface area contributed by atoms with Gasteiger partial charge in [-0.2, -0.15) is 0 Å². The van der Waals surface area contributed by atoms with E-state index in [0.717, 1.165) is 27.8 Å². The number of pyridine rings is 1. The minimum Gasteiger partial charge on any atom is -0.489 e. The summed E-state index contributed by atoms with van der Waals surface area (Å²) in [6, 6.07) is 21.8. The average molecular weight is 387 g/mol. The fourth-order valence-electron chi connectivity index (χ4n) is 3.52. The van der Waals surface area contributed by atoms with Crippen LogP contribution in [0.15, 0.2) is 77.6 Å². The number of H-pyrrole nitrogens is 1. The summed E-state index contributed by atoms with van der Waals surface area (Å²) in [6.45, 7) is 4.49. The Morgan fingerprint density at radius 1 is 0.931 bits per heavy atom. The number of fused-ring (bicyclic) bond motifs is 1. The van der Waals surface area contributed by atoms with Crippen molar-refractivity contribution in [2.24, 2.45) is 0 Å². The zero-order valence-corrected chi connectivity index (χ0v) is 16.4. The molecule has 0 amide bonds. The van der Waals surface area contributed by atoms with Crippen molar-refractivity contribution in [3.05, 3.63) is 100 Å². The van der Waals surface area contributed by atoms with E-state index >= 15 is 0 Å². The molecule has 0 aliphatic rings. The first-order chi connectivity index (χ1) is 14.0. The normalized spacial score (nSPS) is 11.2. The van der Waals surface area contributed by atoms with E-state index in [1.54, 1.807) is 18.2 Å². The van der Waals surface area contributed by atoms with Gasteiger partial charge < -0.3 is 9.72 Å². The molecular formula is C25H22FNO2. The van der Waals surface area contributed by atoms with Gasteiger partial charge in [-0.15, -0.1) is 0 Å². The highest BCUT2D eigenvalue weighted by Crippen LogP contribution is 2.34. The summed E-state index contributed by atoms with van der Waals surface area (Å²) in [5.74, 6) is 0.459. The molecule has 1 aromatic heterocycles. The van der Waals surface area contributed by atoms with Crippen LogP contribution in [0.3, 0.4) is 0 Å². The van der Waals surface area contributed by atoms with Crippen molar-refractivity contribution in [1.29, 1.82) is 0 Å². The Kier molecular flexibility index (Phi) is 5.17. The van der Waals surface area contributed by atoms with Crippen molar-refractivity contribution in [1.82, 2.24) is 4.98 Å². The second-order valence-electron chi connectivity index (χ2n) is 7.39. The Morgan fingerprint density at radius 3 is 2.34 bits per heavy atom. The maximum absolute atomic E-state index is 13.4. The molecule has 3 aromatic carbocycles. The summed E-state index contributed by atoms with van der Waals surface area (Å²) in [6.07, 6.45) is 0.